The number of hydrogen-bond donors (Lipinski definition) is 3. The summed E-state index contributed by atoms with van der Waals surface area (Å²) in [5, 5.41) is 8.83. The number of carbonyl (C=O) groups excluding carboxylic acids is 1. The van der Waals surface area contributed by atoms with Gasteiger partial charge in [0.2, 0.25) is 0 Å². The summed E-state index contributed by atoms with van der Waals surface area (Å²) in [6.45, 7) is 1.71. The fourth-order valence-corrected chi connectivity index (χ4v) is 2.72. The Morgan fingerprint density at radius 3 is 2.67 bits per heavy atom. The van der Waals surface area contributed by atoms with Gasteiger partial charge in [0.25, 0.3) is 5.91 Å². The second-order valence-electron chi connectivity index (χ2n) is 6.07. The molecule has 4 rings (SSSR count). The summed E-state index contributed by atoms with van der Waals surface area (Å²) in [5.41, 5.74) is 2.11. The van der Waals surface area contributed by atoms with Crippen molar-refractivity contribution in [1.29, 1.82) is 0 Å². The lowest BCUT2D eigenvalue weighted by Crippen LogP contribution is -2.27. The quantitative estimate of drug-likeness (QED) is 0.514. The Morgan fingerprint density at radius 1 is 1.19 bits per heavy atom. The molecule has 0 unspecified atom stereocenters. The van der Waals surface area contributed by atoms with Gasteiger partial charge in [-0.05, 0) is 43.3 Å². The Bertz CT molecular complexity index is 1170. The molecule has 3 aromatic heterocycles. The average molecular weight is 366 g/mol. The number of halogens is 1. The highest BCUT2D eigenvalue weighted by molar-refractivity contribution is 5.94. The van der Waals surface area contributed by atoms with Crippen molar-refractivity contribution in [2.75, 3.05) is 0 Å². The van der Waals surface area contributed by atoms with Gasteiger partial charge in [-0.2, -0.15) is 5.10 Å². The Kier molecular flexibility index (Phi) is 4.03. The van der Waals surface area contributed by atoms with Crippen LogP contribution in [0.1, 0.15) is 29.1 Å². The Labute approximate surface area is 152 Å². The molecule has 0 bridgehead atoms. The zero-order valence-corrected chi connectivity index (χ0v) is 14.2. The normalized spacial score (nSPS) is 12.2. The summed E-state index contributed by atoms with van der Waals surface area (Å²) < 4.78 is 14.8. The van der Waals surface area contributed by atoms with Crippen molar-refractivity contribution < 1.29 is 9.18 Å². The third-order valence-electron chi connectivity index (χ3n) is 4.13. The molecule has 0 fully saturated rings. The highest BCUT2D eigenvalue weighted by Crippen LogP contribution is 2.20. The molecule has 1 aromatic carbocycles. The SMILES string of the molecule is C[C@H](NC(=O)c1ccc2nc(-c3ccc(F)cc3)cn2c1)c1n[nH]c(=O)[nH]1. The molecule has 1 atom stereocenters. The summed E-state index contributed by atoms with van der Waals surface area (Å²) >= 11 is 0. The van der Waals surface area contributed by atoms with Crippen LogP contribution >= 0.6 is 0 Å². The van der Waals surface area contributed by atoms with E-state index < -0.39 is 11.7 Å². The van der Waals surface area contributed by atoms with E-state index in [0.29, 0.717) is 22.7 Å². The minimum Gasteiger partial charge on any atom is -0.342 e. The molecule has 0 radical (unpaired) electrons. The standard InChI is InChI=1S/C18H15FN6O2/c1-10(16-22-18(27)24-23-16)20-17(26)12-4-7-15-21-14(9-25(15)8-12)11-2-5-13(19)6-3-11/h2-10H,1H3,(H,20,26)(H2,22,23,24,27)/t10-/m0/s1. The fourth-order valence-electron chi connectivity index (χ4n) is 2.72. The zero-order chi connectivity index (χ0) is 19.0. The summed E-state index contributed by atoms with van der Waals surface area (Å²) in [4.78, 5) is 30.6. The van der Waals surface area contributed by atoms with Crippen LogP contribution in [0.25, 0.3) is 16.9 Å². The molecule has 9 heteroatoms. The second-order valence-corrected chi connectivity index (χ2v) is 6.07. The molecule has 3 N–H and O–H groups in total. The predicted molar refractivity (Wildman–Crippen MR) is 95.7 cm³/mol. The van der Waals surface area contributed by atoms with E-state index >= 15 is 0 Å². The number of aromatic nitrogens is 5. The average Bonchev–Trinajstić information content (AvgIpc) is 3.27. The molecule has 27 heavy (non-hydrogen) atoms. The largest absolute Gasteiger partial charge is 0.342 e. The first-order valence-corrected chi connectivity index (χ1v) is 8.20. The highest BCUT2D eigenvalue weighted by Gasteiger charge is 2.15. The molecule has 0 saturated heterocycles. The van der Waals surface area contributed by atoms with Crippen LogP contribution < -0.4 is 11.0 Å². The minimum absolute atomic E-state index is 0.311. The molecule has 0 aliphatic heterocycles. The van der Waals surface area contributed by atoms with Gasteiger partial charge in [-0.25, -0.2) is 19.3 Å². The number of aromatic amines is 2. The van der Waals surface area contributed by atoms with Crippen LogP contribution in [0.4, 0.5) is 4.39 Å². The van der Waals surface area contributed by atoms with E-state index in [1.54, 1.807) is 48.0 Å². The first kappa shape index (κ1) is 16.7. The van der Waals surface area contributed by atoms with E-state index in [1.807, 2.05) is 0 Å². The molecular formula is C18H15FN6O2. The lowest BCUT2D eigenvalue weighted by molar-refractivity contribution is 0.0938. The van der Waals surface area contributed by atoms with E-state index in [1.165, 1.54) is 12.1 Å². The minimum atomic E-state index is -0.468. The number of amides is 1. The van der Waals surface area contributed by atoms with Crippen molar-refractivity contribution in [2.45, 2.75) is 13.0 Å². The number of imidazole rings is 1. The second kappa shape index (κ2) is 6.52. The van der Waals surface area contributed by atoms with Crippen molar-refractivity contribution in [2.24, 2.45) is 0 Å². The molecule has 136 valence electrons. The van der Waals surface area contributed by atoms with Crippen molar-refractivity contribution in [3.8, 4) is 11.3 Å². The van der Waals surface area contributed by atoms with E-state index in [2.05, 4.69) is 25.5 Å². The smallest absolute Gasteiger partial charge is 0.340 e. The summed E-state index contributed by atoms with van der Waals surface area (Å²) in [7, 11) is 0. The molecule has 3 heterocycles. The number of rotatable bonds is 4. The topological polar surface area (TPSA) is 108 Å². The Morgan fingerprint density at radius 2 is 1.96 bits per heavy atom. The van der Waals surface area contributed by atoms with Crippen molar-refractivity contribution in [3.05, 3.63) is 76.5 Å². The maximum Gasteiger partial charge on any atom is 0.340 e. The van der Waals surface area contributed by atoms with E-state index in [0.717, 1.165) is 5.56 Å². The van der Waals surface area contributed by atoms with Crippen molar-refractivity contribution in [1.82, 2.24) is 29.9 Å². The van der Waals surface area contributed by atoms with Gasteiger partial charge in [-0.1, -0.05) is 0 Å². The lowest BCUT2D eigenvalue weighted by atomic mass is 10.2. The van der Waals surface area contributed by atoms with Crippen LogP contribution in [0.15, 0.2) is 53.6 Å². The fraction of sp³-hybridized carbons (Fsp3) is 0.111. The number of hydrogen-bond acceptors (Lipinski definition) is 4. The molecule has 0 saturated carbocycles. The van der Waals surface area contributed by atoms with Crippen LogP contribution in [0.2, 0.25) is 0 Å². The van der Waals surface area contributed by atoms with Crippen LogP contribution in [0, 0.1) is 5.82 Å². The van der Waals surface area contributed by atoms with Crippen LogP contribution in [0.5, 0.6) is 0 Å². The molecule has 1 amide bonds. The number of carbonyl (C=O) groups is 1. The van der Waals surface area contributed by atoms with Crippen molar-refractivity contribution in [3.63, 3.8) is 0 Å². The van der Waals surface area contributed by atoms with Gasteiger partial charge in [-0.15, -0.1) is 0 Å². The lowest BCUT2D eigenvalue weighted by Gasteiger charge is -2.10. The van der Waals surface area contributed by atoms with Gasteiger partial charge in [0.1, 0.15) is 11.5 Å². The van der Waals surface area contributed by atoms with E-state index in [-0.39, 0.29) is 11.7 Å². The summed E-state index contributed by atoms with van der Waals surface area (Å²) in [5.74, 6) is -0.283. The number of fused-ring (bicyclic) bond motifs is 1. The molecule has 8 nitrogen and oxygen atoms in total. The first-order chi connectivity index (χ1) is 13.0. The number of nitrogens with one attached hydrogen (secondary N) is 3. The van der Waals surface area contributed by atoms with Gasteiger partial charge < -0.3 is 9.72 Å². The van der Waals surface area contributed by atoms with Crippen molar-refractivity contribution >= 4 is 11.6 Å². The monoisotopic (exact) mass is 366 g/mol. The maximum absolute atomic E-state index is 13.1. The zero-order valence-electron chi connectivity index (χ0n) is 14.2. The molecule has 0 aliphatic carbocycles. The van der Waals surface area contributed by atoms with Gasteiger partial charge >= 0.3 is 5.69 Å². The van der Waals surface area contributed by atoms with Gasteiger partial charge in [0.05, 0.1) is 17.3 Å². The number of H-pyrrole nitrogens is 2. The van der Waals surface area contributed by atoms with E-state index in [9.17, 15) is 14.0 Å². The maximum atomic E-state index is 13.1. The predicted octanol–water partition coefficient (Wildman–Crippen LogP) is 2.04. The van der Waals surface area contributed by atoms with E-state index in [4.69, 9.17) is 0 Å². The van der Waals surface area contributed by atoms with Gasteiger partial charge in [-0.3, -0.25) is 9.78 Å². The third-order valence-corrected chi connectivity index (χ3v) is 4.13. The molecule has 0 aliphatic rings. The summed E-state index contributed by atoms with van der Waals surface area (Å²) in [6.07, 6.45) is 3.43. The van der Waals surface area contributed by atoms with Crippen LogP contribution in [-0.2, 0) is 0 Å². The Balaban J connectivity index is 1.58. The number of pyridine rings is 1. The van der Waals surface area contributed by atoms with Crippen LogP contribution in [0.3, 0.4) is 0 Å². The summed E-state index contributed by atoms with van der Waals surface area (Å²) in [6, 6.07) is 8.96. The number of nitrogens with zero attached hydrogens (tertiary/aromatic N) is 3. The molecule has 4 aromatic rings. The first-order valence-electron chi connectivity index (χ1n) is 8.20. The van der Waals surface area contributed by atoms with Crippen LogP contribution in [-0.4, -0.2) is 30.5 Å². The van der Waals surface area contributed by atoms with Gasteiger partial charge in [0, 0.05) is 18.0 Å². The molecule has 0 spiro atoms. The number of benzene rings is 1. The van der Waals surface area contributed by atoms with Gasteiger partial charge in [0.15, 0.2) is 5.82 Å². The molecular weight excluding hydrogens is 351 g/mol. The Hall–Kier alpha value is -3.75. The third kappa shape index (κ3) is 3.34. The highest BCUT2D eigenvalue weighted by atomic mass is 19.1.